The van der Waals surface area contributed by atoms with Gasteiger partial charge in [0.1, 0.15) is 0 Å². The van der Waals surface area contributed by atoms with Crippen LogP contribution in [0.15, 0.2) is 119 Å². The maximum Gasteiger partial charge on any atom is 0.230 e. The molecule has 1 unspecified atom stereocenters. The SMILES string of the molecule is CCn1c(/N=C/c2ccc(N3N=C(c4ccccc4)CC3c3ccccc3)cc2)nc2ccccc21. The summed E-state index contributed by atoms with van der Waals surface area (Å²) in [5.74, 6) is 0.726. The highest BCUT2D eigenvalue weighted by molar-refractivity contribution is 6.03. The summed E-state index contributed by atoms with van der Waals surface area (Å²) in [6, 6.07) is 37.8. The molecule has 0 N–H and O–H groups in total. The Morgan fingerprint density at radius 2 is 1.53 bits per heavy atom. The van der Waals surface area contributed by atoms with E-state index in [9.17, 15) is 0 Å². The molecule has 5 nitrogen and oxygen atoms in total. The highest BCUT2D eigenvalue weighted by Gasteiger charge is 2.29. The lowest BCUT2D eigenvalue weighted by Crippen LogP contribution is -2.18. The molecule has 1 aliphatic heterocycles. The molecule has 2 heterocycles. The van der Waals surface area contributed by atoms with Gasteiger partial charge in [0.15, 0.2) is 0 Å². The first kappa shape index (κ1) is 22.0. The third-order valence-corrected chi connectivity index (χ3v) is 6.64. The average molecular weight is 470 g/mol. The lowest BCUT2D eigenvalue weighted by molar-refractivity contribution is 0.709. The Kier molecular flexibility index (Phi) is 5.88. The lowest BCUT2D eigenvalue weighted by Gasteiger charge is -2.24. The molecule has 1 aromatic heterocycles. The van der Waals surface area contributed by atoms with Crippen molar-refractivity contribution in [3.05, 3.63) is 126 Å². The van der Waals surface area contributed by atoms with Gasteiger partial charge in [0.25, 0.3) is 0 Å². The van der Waals surface area contributed by atoms with Gasteiger partial charge in [-0.05, 0) is 47.9 Å². The van der Waals surface area contributed by atoms with Crippen molar-refractivity contribution in [2.75, 3.05) is 5.01 Å². The number of para-hydroxylation sites is 2. The monoisotopic (exact) mass is 469 g/mol. The topological polar surface area (TPSA) is 45.8 Å². The number of aromatic nitrogens is 2. The Balaban J connectivity index is 1.29. The molecule has 0 saturated carbocycles. The minimum absolute atomic E-state index is 0.158. The summed E-state index contributed by atoms with van der Waals surface area (Å²) in [5.41, 5.74) is 7.70. The minimum atomic E-state index is 0.158. The molecule has 1 atom stereocenters. The van der Waals surface area contributed by atoms with Crippen molar-refractivity contribution < 1.29 is 0 Å². The highest BCUT2D eigenvalue weighted by Crippen LogP contribution is 2.36. The molecule has 0 spiro atoms. The molecule has 0 fully saturated rings. The van der Waals surface area contributed by atoms with Gasteiger partial charge in [-0.3, -0.25) is 5.01 Å². The largest absolute Gasteiger partial charge is 0.309 e. The minimum Gasteiger partial charge on any atom is -0.309 e. The number of aryl methyl sites for hydroxylation is 1. The summed E-state index contributed by atoms with van der Waals surface area (Å²) < 4.78 is 2.13. The molecule has 4 aromatic carbocycles. The summed E-state index contributed by atoms with van der Waals surface area (Å²) in [5, 5.41) is 7.21. The van der Waals surface area contributed by atoms with Crippen molar-refractivity contribution in [3.8, 4) is 0 Å². The van der Waals surface area contributed by atoms with E-state index in [1.54, 1.807) is 0 Å². The number of benzene rings is 4. The van der Waals surface area contributed by atoms with E-state index in [-0.39, 0.29) is 6.04 Å². The Bertz CT molecular complexity index is 1530. The van der Waals surface area contributed by atoms with Gasteiger partial charge in [-0.1, -0.05) is 84.9 Å². The van der Waals surface area contributed by atoms with Crippen molar-refractivity contribution in [2.24, 2.45) is 10.1 Å². The lowest BCUT2D eigenvalue weighted by atomic mass is 9.98. The number of aliphatic imine (C=N–C) groups is 1. The summed E-state index contributed by atoms with van der Waals surface area (Å²) in [6.07, 6.45) is 2.75. The molecule has 0 amide bonds. The fraction of sp³-hybridized carbons (Fsp3) is 0.129. The smallest absolute Gasteiger partial charge is 0.230 e. The van der Waals surface area contributed by atoms with E-state index in [1.165, 1.54) is 11.1 Å². The number of hydrazone groups is 1. The van der Waals surface area contributed by atoms with Gasteiger partial charge in [-0.2, -0.15) is 5.10 Å². The number of rotatable bonds is 6. The molecule has 176 valence electrons. The molecular formula is C31H27N5. The highest BCUT2D eigenvalue weighted by atomic mass is 15.5. The van der Waals surface area contributed by atoms with E-state index < -0.39 is 0 Å². The molecule has 5 heteroatoms. The summed E-state index contributed by atoms with van der Waals surface area (Å²) in [7, 11) is 0. The molecule has 0 radical (unpaired) electrons. The van der Waals surface area contributed by atoms with E-state index in [4.69, 9.17) is 15.1 Å². The van der Waals surface area contributed by atoms with Gasteiger partial charge in [-0.15, -0.1) is 0 Å². The van der Waals surface area contributed by atoms with Gasteiger partial charge in [0.05, 0.1) is 28.5 Å². The second kappa shape index (κ2) is 9.62. The van der Waals surface area contributed by atoms with Crippen LogP contribution in [0.2, 0.25) is 0 Å². The molecule has 0 saturated heterocycles. The van der Waals surface area contributed by atoms with Crippen LogP contribution in [0.4, 0.5) is 11.6 Å². The van der Waals surface area contributed by atoms with Crippen molar-refractivity contribution in [3.63, 3.8) is 0 Å². The Labute approximate surface area is 211 Å². The number of fused-ring (bicyclic) bond motifs is 1. The molecule has 6 rings (SSSR count). The van der Waals surface area contributed by atoms with Crippen molar-refractivity contribution >= 4 is 34.6 Å². The fourth-order valence-electron chi connectivity index (χ4n) is 4.81. The summed E-state index contributed by atoms with van der Waals surface area (Å²) >= 11 is 0. The van der Waals surface area contributed by atoms with Crippen LogP contribution in [0.3, 0.4) is 0 Å². The molecule has 0 aliphatic carbocycles. The predicted octanol–water partition coefficient (Wildman–Crippen LogP) is 7.16. The Morgan fingerprint density at radius 3 is 2.28 bits per heavy atom. The van der Waals surface area contributed by atoms with Gasteiger partial charge in [0.2, 0.25) is 5.95 Å². The van der Waals surface area contributed by atoms with Crippen LogP contribution in [0.25, 0.3) is 11.0 Å². The first-order valence-electron chi connectivity index (χ1n) is 12.4. The number of hydrogen-bond acceptors (Lipinski definition) is 4. The van der Waals surface area contributed by atoms with Crippen LogP contribution < -0.4 is 5.01 Å². The Morgan fingerprint density at radius 1 is 0.833 bits per heavy atom. The van der Waals surface area contributed by atoms with Crippen LogP contribution in [0.5, 0.6) is 0 Å². The maximum absolute atomic E-state index is 5.06. The number of imidazole rings is 1. The molecular weight excluding hydrogens is 442 g/mol. The molecule has 0 bridgehead atoms. The summed E-state index contributed by atoms with van der Waals surface area (Å²) in [6.45, 7) is 2.94. The predicted molar refractivity (Wildman–Crippen MR) is 148 cm³/mol. The number of nitrogens with zero attached hydrogens (tertiary/aromatic N) is 5. The van der Waals surface area contributed by atoms with Crippen molar-refractivity contribution in [1.82, 2.24) is 9.55 Å². The van der Waals surface area contributed by atoms with E-state index in [0.717, 1.165) is 46.9 Å². The van der Waals surface area contributed by atoms with E-state index in [2.05, 4.69) is 101 Å². The van der Waals surface area contributed by atoms with E-state index in [1.807, 2.05) is 30.5 Å². The normalized spacial score (nSPS) is 15.6. The van der Waals surface area contributed by atoms with Gasteiger partial charge in [-0.25, -0.2) is 9.98 Å². The van der Waals surface area contributed by atoms with Crippen molar-refractivity contribution in [1.29, 1.82) is 0 Å². The zero-order valence-corrected chi connectivity index (χ0v) is 20.2. The molecule has 5 aromatic rings. The van der Waals surface area contributed by atoms with Crippen LogP contribution >= 0.6 is 0 Å². The summed E-state index contributed by atoms with van der Waals surface area (Å²) in [4.78, 5) is 9.41. The zero-order valence-electron chi connectivity index (χ0n) is 20.2. The zero-order chi connectivity index (χ0) is 24.3. The van der Waals surface area contributed by atoms with Gasteiger partial charge in [0, 0.05) is 19.2 Å². The molecule has 1 aliphatic rings. The van der Waals surface area contributed by atoms with E-state index in [0.29, 0.717) is 0 Å². The second-order valence-corrected chi connectivity index (χ2v) is 8.88. The fourth-order valence-corrected chi connectivity index (χ4v) is 4.81. The third kappa shape index (κ3) is 4.20. The second-order valence-electron chi connectivity index (χ2n) is 8.88. The standard InChI is InChI=1S/C31H27N5/c1-2-35-29-16-10-9-15-27(29)33-31(35)32-22-23-17-19-26(20-18-23)36-30(25-13-7-4-8-14-25)21-28(34-36)24-11-5-3-6-12-24/h3-20,22,30H,2,21H2,1H3/b32-22+. The van der Waals surface area contributed by atoms with Crippen LogP contribution in [-0.2, 0) is 6.54 Å². The number of anilines is 1. The average Bonchev–Trinajstić information content (AvgIpc) is 3.55. The first-order chi connectivity index (χ1) is 17.8. The third-order valence-electron chi connectivity index (χ3n) is 6.64. The van der Waals surface area contributed by atoms with Gasteiger partial charge >= 0.3 is 0 Å². The van der Waals surface area contributed by atoms with Crippen LogP contribution in [-0.4, -0.2) is 21.5 Å². The van der Waals surface area contributed by atoms with Crippen LogP contribution in [0.1, 0.15) is 36.1 Å². The van der Waals surface area contributed by atoms with Crippen molar-refractivity contribution in [2.45, 2.75) is 25.9 Å². The van der Waals surface area contributed by atoms with E-state index >= 15 is 0 Å². The maximum atomic E-state index is 5.06. The Hall–Kier alpha value is -4.51. The quantitative estimate of drug-likeness (QED) is 0.248. The number of hydrogen-bond donors (Lipinski definition) is 0. The van der Waals surface area contributed by atoms with Gasteiger partial charge < -0.3 is 4.57 Å². The van der Waals surface area contributed by atoms with Crippen LogP contribution in [0, 0.1) is 0 Å². The molecule has 36 heavy (non-hydrogen) atoms. The first-order valence-corrected chi connectivity index (χ1v) is 12.4.